The number of hydrogen-bond acceptors (Lipinski definition) is 4. The normalized spacial score (nSPS) is 17.1. The Morgan fingerprint density at radius 3 is 2.90 bits per heavy atom. The van der Waals surface area contributed by atoms with Gasteiger partial charge in [-0.05, 0) is 37.0 Å². The Hall–Kier alpha value is -2.24. The Bertz CT molecular complexity index is 567. The summed E-state index contributed by atoms with van der Waals surface area (Å²) >= 11 is 0. The number of benzene rings is 1. The molecule has 2 aliphatic rings. The van der Waals surface area contributed by atoms with Crippen molar-refractivity contribution in [2.24, 2.45) is 0 Å². The Morgan fingerprint density at radius 1 is 1.35 bits per heavy atom. The highest BCUT2D eigenvalue weighted by atomic mass is 16.2. The molecule has 0 atom stereocenters. The molecular weight excluding hydrogens is 256 g/mol. The fourth-order valence-corrected chi connectivity index (χ4v) is 2.28. The summed E-state index contributed by atoms with van der Waals surface area (Å²) in [6.07, 6.45) is 3.34. The summed E-state index contributed by atoms with van der Waals surface area (Å²) in [6.45, 7) is 0.214. The van der Waals surface area contributed by atoms with E-state index in [1.165, 1.54) is 0 Å². The molecule has 1 aliphatic carbocycles. The second kappa shape index (κ2) is 5.03. The molecule has 1 aromatic rings. The van der Waals surface area contributed by atoms with Gasteiger partial charge in [-0.1, -0.05) is 0 Å². The molecule has 0 saturated heterocycles. The molecule has 1 aromatic carbocycles. The van der Waals surface area contributed by atoms with Crippen LogP contribution in [0.4, 0.5) is 17.1 Å². The standard InChI is InChI=1S/C14H18N4O2/c15-10-6-11-8(1-4-13(19)18-11)5-12(10)16-7-14(20)17-9-2-3-9/h5-6,9,16H,1-4,7,15H2,(H,17,20)(H,18,19). The number of anilines is 3. The summed E-state index contributed by atoms with van der Waals surface area (Å²) in [7, 11) is 0. The van der Waals surface area contributed by atoms with Crippen molar-refractivity contribution in [3.05, 3.63) is 17.7 Å². The molecule has 0 bridgehead atoms. The van der Waals surface area contributed by atoms with Gasteiger partial charge in [-0.3, -0.25) is 9.59 Å². The number of carbonyl (C=O) groups is 2. The van der Waals surface area contributed by atoms with Gasteiger partial charge in [0.05, 0.1) is 17.9 Å². The number of nitrogens with one attached hydrogen (secondary N) is 3. The highest BCUT2D eigenvalue weighted by Crippen LogP contribution is 2.30. The second-order valence-electron chi connectivity index (χ2n) is 5.34. The number of fused-ring (bicyclic) bond motifs is 1. The smallest absolute Gasteiger partial charge is 0.239 e. The van der Waals surface area contributed by atoms with E-state index >= 15 is 0 Å². The lowest BCUT2D eigenvalue weighted by Gasteiger charge is -2.19. The first-order chi connectivity index (χ1) is 9.61. The van der Waals surface area contributed by atoms with Gasteiger partial charge in [0, 0.05) is 18.2 Å². The van der Waals surface area contributed by atoms with Crippen LogP contribution in [0, 0.1) is 0 Å². The minimum atomic E-state index is -0.0158. The third kappa shape index (κ3) is 2.84. The van der Waals surface area contributed by atoms with Gasteiger partial charge in [0.25, 0.3) is 0 Å². The highest BCUT2D eigenvalue weighted by molar-refractivity contribution is 5.95. The van der Waals surface area contributed by atoms with Gasteiger partial charge in [0.1, 0.15) is 0 Å². The molecule has 0 spiro atoms. The minimum absolute atomic E-state index is 0.0152. The van der Waals surface area contributed by atoms with Crippen molar-refractivity contribution in [2.75, 3.05) is 22.9 Å². The predicted molar refractivity (Wildman–Crippen MR) is 77.5 cm³/mol. The summed E-state index contributed by atoms with van der Waals surface area (Å²) in [5.41, 5.74) is 9.03. The van der Waals surface area contributed by atoms with Crippen LogP contribution in [0.1, 0.15) is 24.8 Å². The summed E-state index contributed by atoms with van der Waals surface area (Å²) in [5.74, 6) is -0.000608. The highest BCUT2D eigenvalue weighted by Gasteiger charge is 2.23. The van der Waals surface area contributed by atoms with Gasteiger partial charge in [0.2, 0.25) is 11.8 Å². The molecule has 0 aromatic heterocycles. The zero-order chi connectivity index (χ0) is 14.1. The van der Waals surface area contributed by atoms with E-state index < -0.39 is 0 Å². The first kappa shape index (κ1) is 12.8. The van der Waals surface area contributed by atoms with Crippen molar-refractivity contribution in [1.29, 1.82) is 0 Å². The first-order valence-electron chi connectivity index (χ1n) is 6.87. The topological polar surface area (TPSA) is 96.2 Å². The molecule has 6 nitrogen and oxygen atoms in total. The van der Waals surface area contributed by atoms with Crippen LogP contribution in [0.5, 0.6) is 0 Å². The van der Waals surface area contributed by atoms with Crippen molar-refractivity contribution in [2.45, 2.75) is 31.7 Å². The molecular formula is C14H18N4O2. The predicted octanol–water partition coefficient (Wildman–Crippen LogP) is 0.844. The van der Waals surface area contributed by atoms with E-state index in [-0.39, 0.29) is 18.4 Å². The maximum atomic E-state index is 11.6. The molecule has 0 radical (unpaired) electrons. The summed E-state index contributed by atoms with van der Waals surface area (Å²) in [6, 6.07) is 4.02. The number of nitrogen functional groups attached to an aromatic ring is 1. The van der Waals surface area contributed by atoms with Gasteiger partial charge in [-0.15, -0.1) is 0 Å². The number of carbonyl (C=O) groups excluding carboxylic acids is 2. The van der Waals surface area contributed by atoms with Crippen LogP contribution >= 0.6 is 0 Å². The van der Waals surface area contributed by atoms with Crippen molar-refractivity contribution >= 4 is 28.9 Å². The van der Waals surface area contributed by atoms with Crippen LogP contribution in [-0.4, -0.2) is 24.4 Å². The zero-order valence-corrected chi connectivity index (χ0v) is 11.2. The summed E-state index contributed by atoms with van der Waals surface area (Å²) in [5, 5.41) is 8.77. The quantitative estimate of drug-likeness (QED) is 0.612. The Labute approximate surface area is 117 Å². The van der Waals surface area contributed by atoms with E-state index in [0.29, 0.717) is 24.6 Å². The van der Waals surface area contributed by atoms with Gasteiger partial charge in [-0.25, -0.2) is 0 Å². The molecule has 1 saturated carbocycles. The summed E-state index contributed by atoms with van der Waals surface area (Å²) < 4.78 is 0. The molecule has 106 valence electrons. The maximum Gasteiger partial charge on any atom is 0.239 e. The molecule has 1 aliphatic heterocycles. The molecule has 6 heteroatoms. The monoisotopic (exact) mass is 274 g/mol. The van der Waals surface area contributed by atoms with Crippen LogP contribution in [0.2, 0.25) is 0 Å². The van der Waals surface area contributed by atoms with Crippen LogP contribution in [0.15, 0.2) is 12.1 Å². The number of hydrogen-bond donors (Lipinski definition) is 4. The van der Waals surface area contributed by atoms with Crippen molar-refractivity contribution in [3.63, 3.8) is 0 Å². The van der Waals surface area contributed by atoms with E-state index in [9.17, 15) is 9.59 Å². The number of rotatable bonds is 4. The van der Waals surface area contributed by atoms with Crippen molar-refractivity contribution in [3.8, 4) is 0 Å². The van der Waals surface area contributed by atoms with Gasteiger partial charge >= 0.3 is 0 Å². The lowest BCUT2D eigenvalue weighted by atomic mass is 10.0. The van der Waals surface area contributed by atoms with Crippen LogP contribution in [-0.2, 0) is 16.0 Å². The lowest BCUT2D eigenvalue weighted by molar-refractivity contribution is -0.119. The van der Waals surface area contributed by atoms with Crippen LogP contribution in [0.3, 0.4) is 0 Å². The average molecular weight is 274 g/mol. The molecule has 1 heterocycles. The molecule has 3 rings (SSSR count). The Morgan fingerprint density at radius 2 is 2.15 bits per heavy atom. The van der Waals surface area contributed by atoms with E-state index in [4.69, 9.17) is 5.73 Å². The molecule has 1 fully saturated rings. The number of amides is 2. The fourth-order valence-electron chi connectivity index (χ4n) is 2.28. The summed E-state index contributed by atoms with van der Waals surface area (Å²) in [4.78, 5) is 23.0. The fraction of sp³-hybridized carbons (Fsp3) is 0.429. The zero-order valence-electron chi connectivity index (χ0n) is 11.2. The van der Waals surface area contributed by atoms with Gasteiger partial charge in [0.15, 0.2) is 0 Å². The Balaban J connectivity index is 1.66. The molecule has 0 unspecified atom stereocenters. The number of aryl methyl sites for hydroxylation is 1. The third-order valence-electron chi connectivity index (χ3n) is 3.55. The van der Waals surface area contributed by atoms with Gasteiger partial charge < -0.3 is 21.7 Å². The average Bonchev–Trinajstić information content (AvgIpc) is 3.20. The van der Waals surface area contributed by atoms with Crippen LogP contribution in [0.25, 0.3) is 0 Å². The van der Waals surface area contributed by atoms with E-state index in [0.717, 1.165) is 29.8 Å². The van der Waals surface area contributed by atoms with Crippen molar-refractivity contribution in [1.82, 2.24) is 5.32 Å². The van der Waals surface area contributed by atoms with E-state index in [1.807, 2.05) is 6.07 Å². The van der Waals surface area contributed by atoms with E-state index in [1.54, 1.807) is 6.07 Å². The lowest BCUT2D eigenvalue weighted by Crippen LogP contribution is -2.31. The van der Waals surface area contributed by atoms with Crippen LogP contribution < -0.4 is 21.7 Å². The molecule has 2 amide bonds. The Kier molecular flexibility index (Phi) is 3.22. The SMILES string of the molecule is Nc1cc2c(cc1NCC(=O)NC1CC1)CCC(=O)N2. The largest absolute Gasteiger partial charge is 0.397 e. The maximum absolute atomic E-state index is 11.6. The molecule has 5 N–H and O–H groups in total. The number of nitrogens with two attached hydrogens (primary N) is 1. The van der Waals surface area contributed by atoms with Gasteiger partial charge in [-0.2, -0.15) is 0 Å². The second-order valence-corrected chi connectivity index (χ2v) is 5.34. The first-order valence-corrected chi connectivity index (χ1v) is 6.87. The van der Waals surface area contributed by atoms with Crippen molar-refractivity contribution < 1.29 is 9.59 Å². The minimum Gasteiger partial charge on any atom is -0.397 e. The van der Waals surface area contributed by atoms with E-state index in [2.05, 4.69) is 16.0 Å². The third-order valence-corrected chi connectivity index (χ3v) is 3.55. The molecule has 20 heavy (non-hydrogen) atoms.